The van der Waals surface area contributed by atoms with E-state index in [0.29, 0.717) is 5.92 Å². The summed E-state index contributed by atoms with van der Waals surface area (Å²) in [5.74, 6) is 1.27. The van der Waals surface area contributed by atoms with Crippen molar-refractivity contribution in [3.05, 3.63) is 70.8 Å². The molecule has 5 heteroatoms. The van der Waals surface area contributed by atoms with E-state index in [2.05, 4.69) is 90.1 Å². The highest BCUT2D eigenvalue weighted by Gasteiger charge is 2.27. The Morgan fingerprint density at radius 2 is 1.80 bits per heavy atom. The van der Waals surface area contributed by atoms with E-state index in [-0.39, 0.29) is 6.10 Å². The lowest BCUT2D eigenvalue weighted by atomic mass is 9.89. The van der Waals surface area contributed by atoms with Crippen molar-refractivity contribution in [2.24, 2.45) is 10.9 Å². The number of benzene rings is 2. The molecule has 5 nitrogen and oxygen atoms in total. The van der Waals surface area contributed by atoms with Gasteiger partial charge in [-0.3, -0.25) is 4.99 Å². The number of ether oxygens (including phenoxy) is 1. The van der Waals surface area contributed by atoms with Gasteiger partial charge in [0.1, 0.15) is 0 Å². The Balaban J connectivity index is 1.57. The van der Waals surface area contributed by atoms with Gasteiger partial charge in [0, 0.05) is 39.2 Å². The second-order valence-electron chi connectivity index (χ2n) is 8.42. The maximum Gasteiger partial charge on any atom is 0.191 e. The predicted molar refractivity (Wildman–Crippen MR) is 125 cm³/mol. The molecule has 2 unspecified atom stereocenters. The molecular weight excluding hydrogens is 372 g/mol. The molecule has 0 aliphatic carbocycles. The van der Waals surface area contributed by atoms with E-state index in [1.807, 2.05) is 7.05 Å². The van der Waals surface area contributed by atoms with Crippen molar-refractivity contribution in [2.45, 2.75) is 39.0 Å². The number of hydrogen-bond acceptors (Lipinski definition) is 3. The van der Waals surface area contributed by atoms with Crippen LogP contribution < -0.4 is 10.6 Å². The summed E-state index contributed by atoms with van der Waals surface area (Å²) < 4.78 is 6.16. The van der Waals surface area contributed by atoms with Gasteiger partial charge < -0.3 is 20.3 Å². The fourth-order valence-electron chi connectivity index (χ4n) is 4.03. The van der Waals surface area contributed by atoms with Crippen LogP contribution in [0.2, 0.25) is 0 Å². The topological polar surface area (TPSA) is 48.9 Å². The summed E-state index contributed by atoms with van der Waals surface area (Å²) in [5, 5.41) is 7.01. The third-order valence-electron chi connectivity index (χ3n) is 5.66. The van der Waals surface area contributed by atoms with Crippen LogP contribution in [0.25, 0.3) is 0 Å². The summed E-state index contributed by atoms with van der Waals surface area (Å²) >= 11 is 0. The fourth-order valence-corrected chi connectivity index (χ4v) is 4.03. The van der Waals surface area contributed by atoms with Crippen molar-refractivity contribution < 1.29 is 4.74 Å². The third-order valence-corrected chi connectivity index (χ3v) is 5.66. The van der Waals surface area contributed by atoms with Crippen LogP contribution in [0.4, 0.5) is 0 Å². The van der Waals surface area contributed by atoms with Crippen LogP contribution in [0.1, 0.15) is 41.2 Å². The average Bonchev–Trinajstić information content (AvgIpc) is 2.75. The van der Waals surface area contributed by atoms with Crippen LogP contribution in [-0.2, 0) is 17.8 Å². The van der Waals surface area contributed by atoms with Crippen LogP contribution in [0.5, 0.6) is 0 Å². The van der Waals surface area contributed by atoms with Gasteiger partial charge in [-0.2, -0.15) is 0 Å². The van der Waals surface area contributed by atoms with E-state index in [1.54, 1.807) is 0 Å². The Morgan fingerprint density at radius 1 is 1.07 bits per heavy atom. The monoisotopic (exact) mass is 408 g/mol. The average molecular weight is 409 g/mol. The summed E-state index contributed by atoms with van der Waals surface area (Å²) in [6.45, 7) is 5.49. The molecule has 0 radical (unpaired) electrons. The molecule has 3 rings (SSSR count). The van der Waals surface area contributed by atoms with E-state index >= 15 is 0 Å². The molecule has 162 valence electrons. The van der Waals surface area contributed by atoms with Gasteiger partial charge in [0.15, 0.2) is 5.96 Å². The maximum absolute atomic E-state index is 6.16. The molecule has 2 aromatic carbocycles. The van der Waals surface area contributed by atoms with Crippen LogP contribution in [0.3, 0.4) is 0 Å². The highest BCUT2D eigenvalue weighted by molar-refractivity contribution is 5.79. The molecular formula is C25H36N4O. The van der Waals surface area contributed by atoms with Crippen LogP contribution >= 0.6 is 0 Å². The second-order valence-corrected chi connectivity index (χ2v) is 8.42. The molecule has 2 atom stereocenters. The Bertz CT molecular complexity index is 816. The predicted octanol–water partition coefficient (Wildman–Crippen LogP) is 3.89. The van der Waals surface area contributed by atoms with Gasteiger partial charge in [0.05, 0.1) is 6.10 Å². The fraction of sp³-hybridized carbons (Fsp3) is 0.480. The number of hydrogen-bond donors (Lipinski definition) is 2. The van der Waals surface area contributed by atoms with Gasteiger partial charge in [0.2, 0.25) is 0 Å². The van der Waals surface area contributed by atoms with E-state index in [1.165, 1.54) is 22.3 Å². The van der Waals surface area contributed by atoms with Gasteiger partial charge in [-0.05, 0) is 50.6 Å². The summed E-state index contributed by atoms with van der Waals surface area (Å²) in [6.07, 6.45) is 2.41. The summed E-state index contributed by atoms with van der Waals surface area (Å²) in [7, 11) is 6.03. The molecule has 2 aromatic rings. The van der Waals surface area contributed by atoms with Crippen LogP contribution in [0, 0.1) is 12.8 Å². The van der Waals surface area contributed by atoms with Crippen LogP contribution in [0.15, 0.2) is 53.5 Å². The lowest BCUT2D eigenvalue weighted by molar-refractivity contribution is -0.0265. The normalized spacial score (nSPS) is 19.7. The van der Waals surface area contributed by atoms with Gasteiger partial charge in [-0.15, -0.1) is 0 Å². The Morgan fingerprint density at radius 3 is 2.50 bits per heavy atom. The first-order valence-corrected chi connectivity index (χ1v) is 10.9. The molecule has 0 bridgehead atoms. The van der Waals surface area contributed by atoms with Crippen molar-refractivity contribution in [3.63, 3.8) is 0 Å². The molecule has 1 fully saturated rings. The van der Waals surface area contributed by atoms with E-state index in [4.69, 9.17) is 4.74 Å². The van der Waals surface area contributed by atoms with Crippen molar-refractivity contribution in [1.29, 1.82) is 0 Å². The number of rotatable bonds is 7. The first-order valence-electron chi connectivity index (χ1n) is 10.9. The first-order chi connectivity index (χ1) is 14.6. The Hall–Kier alpha value is -2.37. The summed E-state index contributed by atoms with van der Waals surface area (Å²) in [6, 6.07) is 17.3. The highest BCUT2D eigenvalue weighted by Crippen LogP contribution is 2.33. The minimum Gasteiger partial charge on any atom is -0.373 e. The van der Waals surface area contributed by atoms with Crippen LogP contribution in [-0.4, -0.2) is 45.2 Å². The lowest BCUT2D eigenvalue weighted by Gasteiger charge is -2.32. The third kappa shape index (κ3) is 6.31. The molecule has 0 spiro atoms. The SMILES string of the molecule is CN=C(NCc1ccccc1CN(C)C)NCC1CCCOC1c1ccc(C)cc1. The number of nitrogens with zero attached hydrogens (tertiary/aromatic N) is 2. The smallest absolute Gasteiger partial charge is 0.191 e. The zero-order chi connectivity index (χ0) is 21.3. The molecule has 30 heavy (non-hydrogen) atoms. The van der Waals surface area contributed by atoms with Gasteiger partial charge in [-0.1, -0.05) is 54.1 Å². The molecule has 1 saturated heterocycles. The minimum absolute atomic E-state index is 0.144. The lowest BCUT2D eigenvalue weighted by Crippen LogP contribution is -2.41. The van der Waals surface area contributed by atoms with E-state index in [0.717, 1.165) is 45.0 Å². The van der Waals surface area contributed by atoms with Crippen molar-refractivity contribution in [2.75, 3.05) is 34.3 Å². The molecule has 1 aliphatic heterocycles. The Kier molecular flexibility index (Phi) is 8.29. The quantitative estimate of drug-likeness (QED) is 0.539. The van der Waals surface area contributed by atoms with Gasteiger partial charge in [-0.25, -0.2) is 0 Å². The molecule has 0 saturated carbocycles. The number of aliphatic imine (C=N–C) groups is 1. The van der Waals surface area contributed by atoms with E-state index < -0.39 is 0 Å². The first kappa shape index (κ1) is 22.3. The highest BCUT2D eigenvalue weighted by atomic mass is 16.5. The molecule has 1 aliphatic rings. The largest absolute Gasteiger partial charge is 0.373 e. The van der Waals surface area contributed by atoms with E-state index in [9.17, 15) is 0 Å². The number of nitrogens with one attached hydrogen (secondary N) is 2. The summed E-state index contributed by atoms with van der Waals surface area (Å²) in [4.78, 5) is 6.63. The summed E-state index contributed by atoms with van der Waals surface area (Å²) in [5.41, 5.74) is 5.19. The van der Waals surface area contributed by atoms with Gasteiger partial charge in [0.25, 0.3) is 0 Å². The molecule has 0 amide bonds. The zero-order valence-electron chi connectivity index (χ0n) is 18.8. The molecule has 1 heterocycles. The van der Waals surface area contributed by atoms with Gasteiger partial charge >= 0.3 is 0 Å². The zero-order valence-corrected chi connectivity index (χ0v) is 18.8. The second kappa shape index (κ2) is 11.1. The molecule has 2 N–H and O–H groups in total. The maximum atomic E-state index is 6.16. The number of guanidine groups is 1. The number of aryl methyl sites for hydroxylation is 1. The Labute approximate surface area is 181 Å². The van der Waals surface area contributed by atoms with Crippen molar-refractivity contribution >= 4 is 5.96 Å². The standard InChI is InChI=1S/C25H36N4O/c1-19-11-13-20(14-12-19)24-22(10-7-15-30-24)17-28-25(26-2)27-16-21-8-5-6-9-23(21)18-29(3)4/h5-6,8-9,11-14,22,24H,7,10,15-18H2,1-4H3,(H2,26,27,28). The van der Waals surface area contributed by atoms with Crippen molar-refractivity contribution in [3.8, 4) is 0 Å². The minimum atomic E-state index is 0.144. The van der Waals surface area contributed by atoms with Crippen molar-refractivity contribution in [1.82, 2.24) is 15.5 Å². The molecule has 0 aromatic heterocycles.